The number of rotatable bonds is 3. The zero-order chi connectivity index (χ0) is 20.3. The number of fused-ring (bicyclic) bond motifs is 1. The van der Waals surface area contributed by atoms with Gasteiger partial charge in [0.25, 0.3) is 0 Å². The second kappa shape index (κ2) is 5.99. The molecule has 28 heavy (non-hydrogen) atoms. The van der Waals surface area contributed by atoms with Crippen molar-refractivity contribution >= 4 is 22.5 Å². The molecule has 1 fully saturated rings. The highest BCUT2D eigenvalue weighted by Crippen LogP contribution is 2.51. The average molecular weight is 382 g/mol. The number of benzene rings is 2. The van der Waals surface area contributed by atoms with Gasteiger partial charge in [0, 0.05) is 27.7 Å². The van der Waals surface area contributed by atoms with Crippen LogP contribution in [0.25, 0.3) is 10.9 Å². The molecule has 0 radical (unpaired) electrons. The number of hydrogen-bond acceptors (Lipinski definition) is 3. The minimum Gasteiger partial charge on any atom is -0.504 e. The highest BCUT2D eigenvalue weighted by Gasteiger charge is 2.52. The Hall–Kier alpha value is -3.02. The van der Waals surface area contributed by atoms with Crippen LogP contribution in [0.3, 0.4) is 0 Å². The van der Waals surface area contributed by atoms with Crippen LogP contribution in [-0.4, -0.2) is 21.1 Å². The summed E-state index contributed by atoms with van der Waals surface area (Å²) >= 11 is 0. The molecule has 6 heteroatoms. The van der Waals surface area contributed by atoms with Crippen LogP contribution in [-0.2, 0) is 15.6 Å². The molecular formula is C22H23FN2O3. The van der Waals surface area contributed by atoms with E-state index in [0.29, 0.717) is 24.1 Å². The lowest BCUT2D eigenvalue weighted by Gasteiger charge is -2.17. The Labute approximate surface area is 162 Å². The van der Waals surface area contributed by atoms with E-state index in [4.69, 9.17) is 0 Å². The summed E-state index contributed by atoms with van der Waals surface area (Å²) in [5.41, 5.74) is 2.25. The molecule has 4 rings (SSSR count). The number of aromatic hydroxyl groups is 2. The third-order valence-corrected chi connectivity index (χ3v) is 5.47. The predicted octanol–water partition coefficient (Wildman–Crippen LogP) is 4.69. The highest BCUT2D eigenvalue weighted by atomic mass is 19.1. The van der Waals surface area contributed by atoms with E-state index in [2.05, 4.69) is 37.1 Å². The Balaban J connectivity index is 1.61. The molecule has 2 aromatic carbocycles. The summed E-state index contributed by atoms with van der Waals surface area (Å²) in [6.07, 6.45) is 1.12. The van der Waals surface area contributed by atoms with Gasteiger partial charge in [0.15, 0.2) is 17.3 Å². The van der Waals surface area contributed by atoms with Crippen LogP contribution < -0.4 is 5.32 Å². The van der Waals surface area contributed by atoms with Crippen LogP contribution in [0.1, 0.15) is 44.9 Å². The van der Waals surface area contributed by atoms with Crippen LogP contribution in [0.15, 0.2) is 36.4 Å². The summed E-state index contributed by atoms with van der Waals surface area (Å²) in [5.74, 6) is -2.54. The van der Waals surface area contributed by atoms with E-state index in [9.17, 15) is 19.4 Å². The van der Waals surface area contributed by atoms with Crippen molar-refractivity contribution in [2.24, 2.45) is 0 Å². The molecule has 1 heterocycles. The van der Waals surface area contributed by atoms with Gasteiger partial charge in [-0.2, -0.15) is 0 Å². The summed E-state index contributed by atoms with van der Waals surface area (Å²) in [6.45, 7) is 6.39. The summed E-state index contributed by atoms with van der Waals surface area (Å²) in [4.78, 5) is 16.3. The zero-order valence-corrected chi connectivity index (χ0v) is 16.1. The van der Waals surface area contributed by atoms with Crippen LogP contribution in [0, 0.1) is 5.82 Å². The fraction of sp³-hybridized carbons (Fsp3) is 0.318. The first-order chi connectivity index (χ1) is 13.1. The summed E-state index contributed by atoms with van der Waals surface area (Å²) in [6, 6.07) is 10.1. The van der Waals surface area contributed by atoms with Gasteiger partial charge in [-0.1, -0.05) is 20.8 Å². The van der Waals surface area contributed by atoms with Crippen molar-refractivity contribution in [1.29, 1.82) is 0 Å². The van der Waals surface area contributed by atoms with E-state index in [-0.39, 0.29) is 11.3 Å². The monoisotopic (exact) mass is 382 g/mol. The van der Waals surface area contributed by atoms with E-state index in [1.807, 2.05) is 18.2 Å². The second-order valence-electron chi connectivity index (χ2n) is 8.60. The fourth-order valence-corrected chi connectivity index (χ4v) is 3.50. The molecule has 0 spiro atoms. The first-order valence-corrected chi connectivity index (χ1v) is 9.27. The summed E-state index contributed by atoms with van der Waals surface area (Å²) in [5, 5.41) is 23.0. The Morgan fingerprint density at radius 2 is 1.86 bits per heavy atom. The van der Waals surface area contributed by atoms with E-state index in [1.54, 1.807) is 0 Å². The third kappa shape index (κ3) is 2.99. The summed E-state index contributed by atoms with van der Waals surface area (Å²) in [7, 11) is 0. The van der Waals surface area contributed by atoms with Crippen LogP contribution in [0.5, 0.6) is 11.5 Å². The first-order valence-electron chi connectivity index (χ1n) is 9.27. The highest BCUT2D eigenvalue weighted by molar-refractivity contribution is 6.02. The summed E-state index contributed by atoms with van der Waals surface area (Å²) < 4.78 is 13.8. The molecule has 0 unspecified atom stereocenters. The lowest BCUT2D eigenvalue weighted by Crippen LogP contribution is -2.27. The Bertz CT molecular complexity index is 1070. The van der Waals surface area contributed by atoms with Gasteiger partial charge >= 0.3 is 0 Å². The maximum absolute atomic E-state index is 13.8. The molecule has 3 aromatic rings. The molecule has 4 N–H and O–H groups in total. The molecule has 1 aromatic heterocycles. The quantitative estimate of drug-likeness (QED) is 0.496. The topological polar surface area (TPSA) is 85.3 Å². The van der Waals surface area contributed by atoms with Crippen LogP contribution >= 0.6 is 0 Å². The number of anilines is 1. The number of hydrogen-bond donors (Lipinski definition) is 4. The number of carbonyl (C=O) groups excluding carboxylic acids is 1. The number of carbonyl (C=O) groups is 1. The third-order valence-electron chi connectivity index (χ3n) is 5.47. The van der Waals surface area contributed by atoms with Gasteiger partial charge in [-0.25, -0.2) is 4.39 Å². The largest absolute Gasteiger partial charge is 0.504 e. The molecule has 146 valence electrons. The molecule has 0 saturated heterocycles. The number of halogens is 1. The molecule has 1 aliphatic rings. The minimum absolute atomic E-state index is 0.00849. The molecule has 1 aliphatic carbocycles. The molecule has 1 saturated carbocycles. The molecule has 0 aliphatic heterocycles. The van der Waals surface area contributed by atoms with Crippen LogP contribution in [0.2, 0.25) is 0 Å². The van der Waals surface area contributed by atoms with Crippen molar-refractivity contribution in [2.75, 3.05) is 5.32 Å². The van der Waals surface area contributed by atoms with Gasteiger partial charge in [-0.3, -0.25) is 4.79 Å². The Morgan fingerprint density at radius 1 is 1.14 bits per heavy atom. The number of H-pyrrole nitrogens is 1. The molecule has 0 atom stereocenters. The SMILES string of the molecule is CC(C)(C)c1cc2cc(NC(=O)C3(c4cc(O)c(O)c(F)c4)CC3)ccc2[nH]1. The Morgan fingerprint density at radius 3 is 2.46 bits per heavy atom. The maximum Gasteiger partial charge on any atom is 0.235 e. The van der Waals surface area contributed by atoms with E-state index in [1.165, 1.54) is 6.07 Å². The van der Waals surface area contributed by atoms with Crippen molar-refractivity contribution in [1.82, 2.24) is 4.98 Å². The number of phenols is 2. The number of amides is 1. The molecule has 0 bridgehead atoms. The molecular weight excluding hydrogens is 359 g/mol. The Kier molecular flexibility index (Phi) is 3.93. The van der Waals surface area contributed by atoms with Crippen molar-refractivity contribution in [3.05, 3.63) is 53.5 Å². The maximum atomic E-state index is 13.8. The van der Waals surface area contributed by atoms with Gasteiger partial charge in [0.05, 0.1) is 5.41 Å². The molecule has 1 amide bonds. The van der Waals surface area contributed by atoms with Gasteiger partial charge in [-0.05, 0) is 54.8 Å². The van der Waals surface area contributed by atoms with E-state index < -0.39 is 22.7 Å². The number of aromatic amines is 1. The normalized spacial score (nSPS) is 15.6. The van der Waals surface area contributed by atoms with Gasteiger partial charge < -0.3 is 20.5 Å². The lowest BCUT2D eigenvalue weighted by atomic mass is 9.92. The van der Waals surface area contributed by atoms with E-state index >= 15 is 0 Å². The minimum atomic E-state index is -0.933. The average Bonchev–Trinajstić information content (AvgIpc) is 3.31. The number of phenolic OH excluding ortho intramolecular Hbond substituents is 2. The number of nitrogens with one attached hydrogen (secondary N) is 2. The van der Waals surface area contributed by atoms with Crippen molar-refractivity contribution in [2.45, 2.75) is 44.4 Å². The number of aromatic nitrogens is 1. The van der Waals surface area contributed by atoms with Crippen molar-refractivity contribution in [3.63, 3.8) is 0 Å². The van der Waals surface area contributed by atoms with Gasteiger partial charge in [-0.15, -0.1) is 0 Å². The van der Waals surface area contributed by atoms with Gasteiger partial charge in [0.2, 0.25) is 5.91 Å². The first kappa shape index (κ1) is 18.3. The standard InChI is InChI=1S/C22H23FN2O3/c1-21(2,3)18-9-12-8-14(4-5-16(12)25-18)24-20(28)22(6-7-22)13-10-15(23)19(27)17(26)11-13/h4-5,8-11,25-27H,6-7H2,1-3H3,(H,24,28). The van der Waals surface area contributed by atoms with E-state index in [0.717, 1.165) is 22.7 Å². The smallest absolute Gasteiger partial charge is 0.235 e. The predicted molar refractivity (Wildman–Crippen MR) is 106 cm³/mol. The van der Waals surface area contributed by atoms with Gasteiger partial charge in [0.1, 0.15) is 0 Å². The fourth-order valence-electron chi connectivity index (χ4n) is 3.50. The molecule has 5 nitrogen and oxygen atoms in total. The van der Waals surface area contributed by atoms with Crippen LogP contribution in [0.4, 0.5) is 10.1 Å². The zero-order valence-electron chi connectivity index (χ0n) is 16.1. The lowest BCUT2D eigenvalue weighted by molar-refractivity contribution is -0.118. The van der Waals surface area contributed by atoms with Crippen molar-refractivity contribution < 1.29 is 19.4 Å². The second-order valence-corrected chi connectivity index (χ2v) is 8.60. The van der Waals surface area contributed by atoms with Crippen molar-refractivity contribution in [3.8, 4) is 11.5 Å².